The molecule has 271 valence electrons. The first kappa shape index (κ1) is 52.9. The zero-order valence-corrected chi connectivity index (χ0v) is 35.8. The maximum atomic E-state index is 5.67. The molecule has 0 heterocycles. The number of hydrogen-bond donors (Lipinski definition) is 1. The van der Waals surface area contributed by atoms with E-state index in [0.717, 1.165) is 24.8 Å². The van der Waals surface area contributed by atoms with Crippen LogP contribution in [-0.2, 0) is 35.2 Å². The molecule has 0 aromatic heterocycles. The van der Waals surface area contributed by atoms with Crippen LogP contribution < -0.4 is 5.32 Å². The molecule has 0 fully saturated rings. The molecule has 1 nitrogen and oxygen atoms in total. The molecule has 0 aliphatic rings. The minimum absolute atomic E-state index is 0. The average molecular weight is 824 g/mol. The van der Waals surface area contributed by atoms with Crippen molar-refractivity contribution in [2.24, 2.45) is 10.8 Å². The molecule has 0 unspecified atom stereocenters. The molecule has 5 radical (unpaired) electrons. The molecule has 0 bridgehead atoms. The van der Waals surface area contributed by atoms with Crippen molar-refractivity contribution < 1.29 is 22.4 Å². The second kappa shape index (κ2) is 33.5. The Bertz CT molecular complexity index is 879. The van der Waals surface area contributed by atoms with Gasteiger partial charge in [-0.05, 0) is 54.2 Å². The smallest absolute Gasteiger partial charge is 0.112 e. The third-order valence-corrected chi connectivity index (χ3v) is 7.51. The van der Waals surface area contributed by atoms with Gasteiger partial charge in [-0.15, -0.1) is 12.1 Å². The summed E-state index contributed by atoms with van der Waals surface area (Å²) < 4.78 is 0. The van der Waals surface area contributed by atoms with E-state index in [0.29, 0.717) is 22.5 Å². The first-order chi connectivity index (χ1) is 21.6. The Morgan fingerprint density at radius 2 is 1.21 bits per heavy atom. The van der Waals surface area contributed by atoms with Crippen molar-refractivity contribution in [1.82, 2.24) is 0 Å². The van der Waals surface area contributed by atoms with Crippen molar-refractivity contribution in [3.8, 4) is 0 Å². The van der Waals surface area contributed by atoms with Crippen LogP contribution in [0.3, 0.4) is 0 Å². The molecule has 0 aliphatic carbocycles. The summed E-state index contributed by atoms with van der Waals surface area (Å²) in [6, 6.07) is 17.3. The summed E-state index contributed by atoms with van der Waals surface area (Å²) in [5.41, 5.74) is 5.92. The van der Waals surface area contributed by atoms with E-state index in [1.807, 2.05) is 46.2 Å². The van der Waals surface area contributed by atoms with E-state index >= 15 is 0 Å². The Hall–Kier alpha value is -0.955. The first-order valence-electron chi connectivity index (χ1n) is 18.5. The van der Waals surface area contributed by atoms with Crippen molar-refractivity contribution in [2.75, 3.05) is 11.9 Å². The van der Waals surface area contributed by atoms with E-state index in [2.05, 4.69) is 132 Å². The summed E-state index contributed by atoms with van der Waals surface area (Å²) in [6.07, 6.45) is 12.4. The van der Waals surface area contributed by atoms with Crippen LogP contribution in [0.25, 0.3) is 0 Å². The number of benzene rings is 2. The molecule has 0 saturated heterocycles. The van der Waals surface area contributed by atoms with Gasteiger partial charge in [-0.2, -0.15) is 38.5 Å². The number of hydrogen-bond acceptors (Lipinski definition) is 1. The molecule has 1 N–H and O–H groups in total. The van der Waals surface area contributed by atoms with Gasteiger partial charge in [0.1, 0.15) is 14.6 Å². The molecule has 47 heavy (non-hydrogen) atoms. The fourth-order valence-electron chi connectivity index (χ4n) is 4.60. The van der Waals surface area contributed by atoms with Gasteiger partial charge < -0.3 is 11.7 Å². The summed E-state index contributed by atoms with van der Waals surface area (Å²) in [5.74, 6) is 1.42. The predicted octanol–water partition coefficient (Wildman–Crippen LogP) is 13.4. The molecule has 5 heteroatoms. The van der Waals surface area contributed by atoms with E-state index in [1.54, 1.807) is 0 Å². The number of nitrogens with one attached hydrogen (secondary N) is 1. The maximum absolute atomic E-state index is 5.67. The van der Waals surface area contributed by atoms with Crippen molar-refractivity contribution >= 4 is 28.1 Å². The topological polar surface area (TPSA) is 12.0 Å². The van der Waals surface area contributed by atoms with Gasteiger partial charge >= 0.3 is 0 Å². The molecular weight excluding hydrogens is 748 g/mol. The van der Waals surface area contributed by atoms with Crippen LogP contribution in [0.1, 0.15) is 139 Å². The van der Waals surface area contributed by atoms with Gasteiger partial charge in [0.05, 0.1) is 7.85 Å². The Morgan fingerprint density at radius 3 is 1.62 bits per heavy atom. The van der Waals surface area contributed by atoms with Crippen molar-refractivity contribution in [3.05, 3.63) is 78.6 Å². The summed E-state index contributed by atoms with van der Waals surface area (Å²) in [7, 11) is 10.5. The molecule has 0 aliphatic heterocycles. The van der Waals surface area contributed by atoms with Crippen LogP contribution >= 0.6 is 0 Å². The standard InChI is InChI=1S/C18H31B2N.C10H21B.C9H11.C3H7.C2H6.Au/c1-15(2)19-12-5-7-17-8-10-18(11-9-17)21-14-6-13-20-16(3)4;1-6-9(2,3)7-10(4,5)8-11;1-3-9-6-4-8(2)5-7-9;1-3-2;1-2;/h8-11,15-16,21H,5-7,12-14H2,1-4H3;6-8H2,1-5H3;4-7H,2-3H2,1H3;3H,1-2H3;1-2H3;/q;;2*-1;;. The van der Waals surface area contributed by atoms with E-state index in [4.69, 9.17) is 7.85 Å². The Balaban J connectivity index is -0.000000299. The van der Waals surface area contributed by atoms with Crippen LogP contribution in [0.4, 0.5) is 5.69 Å². The SMILES string of the molecule is CC.CC(C)[B]CCCNc1ccc(CCC[B]C(C)C)cc1.C[CH-]C.[Au].[B]CC(C)(C)CC(C)(C)CC.[CH2-]c1ccc(CC)cc1. The van der Waals surface area contributed by atoms with Crippen LogP contribution in [0.5, 0.6) is 0 Å². The number of anilines is 1. The number of rotatable bonds is 16. The van der Waals surface area contributed by atoms with Gasteiger partial charge in [0.2, 0.25) is 0 Å². The maximum Gasteiger partial charge on any atom is 0.112 e. The van der Waals surface area contributed by atoms with Gasteiger partial charge in [-0.1, -0.05) is 144 Å². The minimum Gasteiger partial charge on any atom is -0.385 e. The molecule has 2 aromatic carbocycles. The van der Waals surface area contributed by atoms with Crippen molar-refractivity contribution in [2.45, 2.75) is 166 Å². The Kier molecular flexibility index (Phi) is 37.7. The Labute approximate surface area is 316 Å². The quantitative estimate of drug-likeness (QED) is 0.101. The predicted molar refractivity (Wildman–Crippen MR) is 219 cm³/mol. The summed E-state index contributed by atoms with van der Waals surface area (Å²) in [6.45, 7) is 35.3. The summed E-state index contributed by atoms with van der Waals surface area (Å²) in [4.78, 5) is 0. The third-order valence-electron chi connectivity index (χ3n) is 7.51. The third kappa shape index (κ3) is 36.2. The van der Waals surface area contributed by atoms with E-state index in [1.165, 1.54) is 61.6 Å². The van der Waals surface area contributed by atoms with Gasteiger partial charge in [-0.25, -0.2) is 0 Å². The largest absolute Gasteiger partial charge is 0.385 e. The molecular formula is C42H76AuB3N-2. The fourth-order valence-corrected chi connectivity index (χ4v) is 4.60. The average Bonchev–Trinajstić information content (AvgIpc) is 3.01. The second-order valence-corrected chi connectivity index (χ2v) is 14.4. The Morgan fingerprint density at radius 1 is 0.766 bits per heavy atom. The summed E-state index contributed by atoms with van der Waals surface area (Å²) >= 11 is 0. The van der Waals surface area contributed by atoms with E-state index in [9.17, 15) is 0 Å². The van der Waals surface area contributed by atoms with E-state index < -0.39 is 0 Å². The van der Waals surface area contributed by atoms with Crippen LogP contribution in [0.15, 0.2) is 48.5 Å². The van der Waals surface area contributed by atoms with Gasteiger partial charge in [0.25, 0.3) is 0 Å². The van der Waals surface area contributed by atoms with E-state index in [-0.39, 0.29) is 22.4 Å². The molecule has 0 amide bonds. The molecule has 2 aromatic rings. The van der Waals surface area contributed by atoms with Crippen LogP contribution in [-0.4, -0.2) is 29.0 Å². The van der Waals surface area contributed by atoms with Gasteiger partial charge in [0.15, 0.2) is 0 Å². The minimum atomic E-state index is 0. The normalized spacial score (nSPS) is 10.4. The molecule has 0 atom stereocenters. The fraction of sp³-hybridized carbons (Fsp3) is 0.667. The number of aryl methyl sites for hydroxylation is 2. The van der Waals surface area contributed by atoms with Crippen molar-refractivity contribution in [3.63, 3.8) is 0 Å². The summed E-state index contributed by atoms with van der Waals surface area (Å²) in [5, 5.41) is 3.50. The van der Waals surface area contributed by atoms with Gasteiger partial charge in [-0.3, -0.25) is 0 Å². The van der Waals surface area contributed by atoms with Crippen molar-refractivity contribution in [1.29, 1.82) is 0 Å². The monoisotopic (exact) mass is 825 g/mol. The van der Waals surface area contributed by atoms with Crippen LogP contribution in [0.2, 0.25) is 30.6 Å². The molecule has 0 saturated carbocycles. The molecule has 0 spiro atoms. The first-order valence-corrected chi connectivity index (χ1v) is 18.5. The van der Waals surface area contributed by atoms with Crippen LogP contribution in [0, 0.1) is 24.2 Å². The molecule has 2 rings (SSSR count). The zero-order valence-electron chi connectivity index (χ0n) is 33.7. The zero-order chi connectivity index (χ0) is 36.0. The van der Waals surface area contributed by atoms with Gasteiger partial charge in [0, 0.05) is 34.6 Å². The second-order valence-electron chi connectivity index (χ2n) is 14.4.